The smallest absolute Gasteiger partial charge is 0.158 e. The maximum absolute atomic E-state index is 5.54. The second kappa shape index (κ2) is 3.08. The lowest BCUT2D eigenvalue weighted by molar-refractivity contribution is -0.895. The van der Waals surface area contributed by atoms with Crippen molar-refractivity contribution in [1.82, 2.24) is 0 Å². The van der Waals surface area contributed by atoms with Gasteiger partial charge in [0.25, 0.3) is 0 Å². The van der Waals surface area contributed by atoms with Crippen molar-refractivity contribution in [2.75, 3.05) is 20.6 Å². The number of rotatable bonds is 1. The standard InChI is InChI=1S/C5H10BrN2/c1-8(2,7)5-3-4-6/h5,7H2,1-2H3/q+1. The number of quaternary nitrogens is 1. The Labute approximate surface area is 58.3 Å². The molecule has 0 fully saturated rings. The molecule has 0 radical (unpaired) electrons. The molecule has 0 atom stereocenters. The lowest BCUT2D eigenvalue weighted by Crippen LogP contribution is -2.46. The fourth-order valence-electron chi connectivity index (χ4n) is 0.234. The summed E-state index contributed by atoms with van der Waals surface area (Å²) in [6.07, 6.45) is 0. The Kier molecular flexibility index (Phi) is 3.06. The largest absolute Gasteiger partial charge is 0.243 e. The monoisotopic (exact) mass is 177 g/mol. The molecule has 0 saturated carbocycles. The van der Waals surface area contributed by atoms with Crippen molar-refractivity contribution in [1.29, 1.82) is 0 Å². The molecule has 3 heteroatoms. The van der Waals surface area contributed by atoms with Crippen LogP contribution in [0, 0.1) is 10.8 Å². The first kappa shape index (κ1) is 7.96. The molecule has 46 valence electrons. The van der Waals surface area contributed by atoms with Crippen molar-refractivity contribution >= 4 is 15.9 Å². The van der Waals surface area contributed by atoms with Crippen LogP contribution < -0.4 is 5.84 Å². The van der Waals surface area contributed by atoms with Crippen molar-refractivity contribution < 1.29 is 4.59 Å². The first-order valence-electron chi connectivity index (χ1n) is 2.26. The van der Waals surface area contributed by atoms with Gasteiger partial charge in [-0.05, 0) is 10.8 Å². The average molecular weight is 178 g/mol. The van der Waals surface area contributed by atoms with Crippen LogP contribution in [0.4, 0.5) is 0 Å². The van der Waals surface area contributed by atoms with E-state index in [1.165, 1.54) is 0 Å². The first-order chi connectivity index (χ1) is 3.56. The number of nitrogens with zero attached hydrogens (tertiary/aromatic N) is 1. The van der Waals surface area contributed by atoms with Crippen molar-refractivity contribution in [3.63, 3.8) is 0 Å². The fourth-order valence-corrected chi connectivity index (χ4v) is 0.359. The third kappa shape index (κ3) is 5.96. The highest BCUT2D eigenvalue weighted by molar-refractivity contribution is 9.12. The summed E-state index contributed by atoms with van der Waals surface area (Å²) >= 11 is 2.98. The Hall–Kier alpha value is -0.0400. The molecule has 2 N–H and O–H groups in total. The normalized spacial score (nSPS) is 10.0. The second-order valence-electron chi connectivity index (χ2n) is 2.21. The van der Waals surface area contributed by atoms with Crippen LogP contribution in [0.3, 0.4) is 0 Å². The van der Waals surface area contributed by atoms with Crippen molar-refractivity contribution in [3.05, 3.63) is 0 Å². The van der Waals surface area contributed by atoms with Crippen molar-refractivity contribution in [2.24, 2.45) is 5.84 Å². The zero-order valence-electron chi connectivity index (χ0n) is 5.11. The van der Waals surface area contributed by atoms with E-state index in [1.807, 2.05) is 14.1 Å². The molecule has 0 heterocycles. The highest BCUT2D eigenvalue weighted by Crippen LogP contribution is 1.81. The van der Waals surface area contributed by atoms with E-state index in [-0.39, 0.29) is 0 Å². The predicted octanol–water partition coefficient (Wildman–Crippen LogP) is 0.292. The Bertz CT molecular complexity index is 115. The second-order valence-corrected chi connectivity index (χ2v) is 2.60. The molecule has 0 rings (SSSR count). The van der Waals surface area contributed by atoms with Gasteiger partial charge >= 0.3 is 0 Å². The third-order valence-electron chi connectivity index (χ3n) is 0.553. The predicted molar refractivity (Wildman–Crippen MR) is 37.9 cm³/mol. The Balaban J connectivity index is 3.50. The molecule has 0 saturated heterocycles. The summed E-state index contributed by atoms with van der Waals surface area (Å²) in [6, 6.07) is 0. The molecule has 0 aliphatic heterocycles. The molecular formula is C5H10BrN2+. The number of hydrogen-bond donors (Lipinski definition) is 1. The number of hydrogen-bond acceptors (Lipinski definition) is 1. The molecule has 0 bridgehead atoms. The molecule has 8 heavy (non-hydrogen) atoms. The summed E-state index contributed by atoms with van der Waals surface area (Å²) in [6.45, 7) is 0.672. The van der Waals surface area contributed by atoms with Gasteiger partial charge in [-0.3, -0.25) is 0 Å². The summed E-state index contributed by atoms with van der Waals surface area (Å²) < 4.78 is 0.401. The van der Waals surface area contributed by atoms with Gasteiger partial charge in [0.15, 0.2) is 6.54 Å². The van der Waals surface area contributed by atoms with E-state index in [4.69, 9.17) is 5.84 Å². The van der Waals surface area contributed by atoms with Gasteiger partial charge in [-0.15, -0.1) is 0 Å². The molecule has 0 amide bonds. The van der Waals surface area contributed by atoms with Gasteiger partial charge in [0.05, 0.1) is 14.1 Å². The lowest BCUT2D eigenvalue weighted by Gasteiger charge is -2.18. The molecule has 0 unspecified atom stereocenters. The SMILES string of the molecule is C[N+](C)(N)CC#CBr. The van der Waals surface area contributed by atoms with E-state index >= 15 is 0 Å². The Morgan fingerprint density at radius 3 is 2.25 bits per heavy atom. The summed E-state index contributed by atoms with van der Waals surface area (Å²) in [5.74, 6) is 8.34. The molecule has 0 spiro atoms. The maximum atomic E-state index is 5.54. The van der Waals surface area contributed by atoms with E-state index in [2.05, 4.69) is 26.7 Å². The van der Waals surface area contributed by atoms with E-state index in [1.54, 1.807) is 0 Å². The van der Waals surface area contributed by atoms with Crippen LogP contribution in [0.5, 0.6) is 0 Å². The zero-order valence-corrected chi connectivity index (χ0v) is 6.70. The minimum Gasteiger partial charge on any atom is -0.243 e. The van der Waals surface area contributed by atoms with Crippen LogP contribution in [0.15, 0.2) is 0 Å². The molecule has 0 aliphatic rings. The zero-order chi connectivity index (χ0) is 6.62. The topological polar surface area (TPSA) is 26.0 Å². The van der Waals surface area contributed by atoms with Crippen molar-refractivity contribution in [2.45, 2.75) is 0 Å². The van der Waals surface area contributed by atoms with Crippen LogP contribution in [0.25, 0.3) is 0 Å². The summed E-state index contributed by atoms with van der Waals surface area (Å²) in [7, 11) is 3.77. The van der Waals surface area contributed by atoms with E-state index < -0.39 is 0 Å². The van der Waals surface area contributed by atoms with Gasteiger partial charge in [-0.1, -0.05) is 0 Å². The fraction of sp³-hybridized carbons (Fsp3) is 0.600. The van der Waals surface area contributed by atoms with Gasteiger partial charge in [0, 0.05) is 15.9 Å². The van der Waals surface area contributed by atoms with Gasteiger partial charge in [0.1, 0.15) is 0 Å². The van der Waals surface area contributed by atoms with Crippen LogP contribution in [0.2, 0.25) is 0 Å². The van der Waals surface area contributed by atoms with E-state index in [0.29, 0.717) is 11.1 Å². The maximum Gasteiger partial charge on any atom is 0.158 e. The lowest BCUT2D eigenvalue weighted by atomic mass is 10.6. The first-order valence-corrected chi connectivity index (χ1v) is 3.05. The quantitative estimate of drug-likeness (QED) is 0.265. The third-order valence-corrected chi connectivity index (χ3v) is 0.834. The van der Waals surface area contributed by atoms with Gasteiger partial charge in [0.2, 0.25) is 0 Å². The number of nitrogens with two attached hydrogens (primary N) is 1. The van der Waals surface area contributed by atoms with Gasteiger partial charge in [-0.25, -0.2) is 4.59 Å². The average Bonchev–Trinajstić information content (AvgIpc) is 1.59. The Morgan fingerprint density at radius 1 is 1.62 bits per heavy atom. The molecule has 2 nitrogen and oxygen atoms in total. The molecular weight excluding hydrogens is 168 g/mol. The molecule has 0 aromatic heterocycles. The number of halogens is 1. The van der Waals surface area contributed by atoms with Crippen LogP contribution >= 0.6 is 15.9 Å². The van der Waals surface area contributed by atoms with E-state index in [0.717, 1.165) is 0 Å². The minimum absolute atomic E-state index is 0.401. The van der Waals surface area contributed by atoms with Crippen LogP contribution in [-0.2, 0) is 0 Å². The summed E-state index contributed by atoms with van der Waals surface area (Å²) in [5.41, 5.74) is 0. The highest BCUT2D eigenvalue weighted by Gasteiger charge is 2.02. The van der Waals surface area contributed by atoms with Gasteiger partial charge < -0.3 is 0 Å². The highest BCUT2D eigenvalue weighted by atomic mass is 79.9. The van der Waals surface area contributed by atoms with Crippen LogP contribution in [0.1, 0.15) is 0 Å². The van der Waals surface area contributed by atoms with E-state index in [9.17, 15) is 0 Å². The minimum atomic E-state index is 0.401. The summed E-state index contributed by atoms with van der Waals surface area (Å²) in [5, 5.41) is 0. The van der Waals surface area contributed by atoms with Crippen molar-refractivity contribution in [3.8, 4) is 10.8 Å². The summed E-state index contributed by atoms with van der Waals surface area (Å²) in [4.78, 5) is 2.59. The Morgan fingerprint density at radius 2 is 2.12 bits per heavy atom. The molecule has 0 aromatic carbocycles. The van der Waals surface area contributed by atoms with Crippen LogP contribution in [-0.4, -0.2) is 25.2 Å². The molecule has 0 aliphatic carbocycles. The van der Waals surface area contributed by atoms with Gasteiger partial charge in [-0.2, -0.15) is 5.84 Å². The molecule has 0 aromatic rings.